The monoisotopic (exact) mass is 359 g/mol. The summed E-state index contributed by atoms with van der Waals surface area (Å²) in [6, 6.07) is 1.82. The third-order valence-electron chi connectivity index (χ3n) is 3.62. The van der Waals surface area contributed by atoms with Crippen LogP contribution in [-0.4, -0.2) is 72.8 Å². The maximum atomic E-state index is 12.2. The molecule has 1 fully saturated rings. The Kier molecular flexibility index (Phi) is 5.74. The molecule has 2 aromatic rings. The quantitative estimate of drug-likeness (QED) is 0.773. The van der Waals surface area contributed by atoms with Gasteiger partial charge in [0.2, 0.25) is 5.95 Å². The molecular weight excluding hydrogens is 338 g/mol. The summed E-state index contributed by atoms with van der Waals surface area (Å²) in [5.41, 5.74) is 0.509. The van der Waals surface area contributed by atoms with Gasteiger partial charge in [0.25, 0.3) is 5.91 Å². The van der Waals surface area contributed by atoms with Crippen molar-refractivity contribution in [1.82, 2.24) is 19.9 Å². The molecule has 0 unspecified atom stereocenters. The molecule has 3 heterocycles. The second-order valence-corrected chi connectivity index (χ2v) is 5.77. The number of carbonyl (C=O) groups excluding carboxylic acids is 1. The highest BCUT2D eigenvalue weighted by atomic mass is 16.5. The summed E-state index contributed by atoms with van der Waals surface area (Å²) in [5.74, 6) is 0.887. The minimum atomic E-state index is -0.344. The Morgan fingerprint density at radius 1 is 1.27 bits per heavy atom. The van der Waals surface area contributed by atoms with Crippen molar-refractivity contribution in [3.05, 3.63) is 24.7 Å². The number of nitrogens with one attached hydrogen (secondary N) is 1. The van der Waals surface area contributed by atoms with E-state index < -0.39 is 0 Å². The molecule has 10 nitrogen and oxygen atoms in total. The summed E-state index contributed by atoms with van der Waals surface area (Å²) < 4.78 is 10.6. The third-order valence-corrected chi connectivity index (χ3v) is 3.62. The molecule has 2 aromatic heterocycles. The zero-order valence-electron chi connectivity index (χ0n) is 14.8. The van der Waals surface area contributed by atoms with Gasteiger partial charge in [0.15, 0.2) is 12.4 Å². The first kappa shape index (κ1) is 17.8. The van der Waals surface area contributed by atoms with Crippen molar-refractivity contribution in [3.63, 3.8) is 0 Å². The van der Waals surface area contributed by atoms with Gasteiger partial charge in [0.05, 0.1) is 19.4 Å². The lowest BCUT2D eigenvalue weighted by Crippen LogP contribution is -2.37. The molecule has 1 saturated heterocycles. The van der Waals surface area contributed by atoms with Crippen LogP contribution < -0.4 is 19.9 Å². The molecule has 0 radical (unpaired) electrons. The van der Waals surface area contributed by atoms with Gasteiger partial charge in [0.1, 0.15) is 5.69 Å². The topological polar surface area (TPSA) is 106 Å². The number of nitrogens with zero attached hydrogens (tertiary/aromatic N) is 6. The Balaban J connectivity index is 1.67. The van der Waals surface area contributed by atoms with Gasteiger partial charge in [0, 0.05) is 39.6 Å². The molecule has 26 heavy (non-hydrogen) atoms. The highest BCUT2D eigenvalue weighted by molar-refractivity contribution is 5.94. The number of hydrogen-bond acceptors (Lipinski definition) is 9. The van der Waals surface area contributed by atoms with E-state index in [1.54, 1.807) is 24.7 Å². The Labute approximate surface area is 151 Å². The van der Waals surface area contributed by atoms with Crippen molar-refractivity contribution in [2.24, 2.45) is 0 Å². The average molecular weight is 359 g/mol. The molecule has 0 aromatic carbocycles. The molecule has 1 aliphatic rings. The van der Waals surface area contributed by atoms with Gasteiger partial charge in [-0.05, 0) is 6.07 Å². The molecule has 1 amide bonds. The summed E-state index contributed by atoms with van der Waals surface area (Å²) in [6.45, 7) is 2.57. The highest BCUT2D eigenvalue weighted by Crippen LogP contribution is 2.24. The predicted molar refractivity (Wildman–Crippen MR) is 95.5 cm³/mol. The maximum Gasteiger partial charge on any atom is 0.316 e. The van der Waals surface area contributed by atoms with Crippen LogP contribution >= 0.6 is 0 Å². The summed E-state index contributed by atoms with van der Waals surface area (Å²) in [4.78, 5) is 32.8. The summed E-state index contributed by atoms with van der Waals surface area (Å²) in [7, 11) is 3.71. The lowest BCUT2D eigenvalue weighted by Gasteiger charge is -2.28. The van der Waals surface area contributed by atoms with Crippen LogP contribution in [0.15, 0.2) is 24.7 Å². The minimum absolute atomic E-state index is 0.148. The van der Waals surface area contributed by atoms with E-state index in [4.69, 9.17) is 9.47 Å². The molecule has 0 bridgehead atoms. The minimum Gasteiger partial charge on any atom is -0.453 e. The van der Waals surface area contributed by atoms with E-state index in [-0.39, 0.29) is 18.5 Å². The molecular formula is C16H21N7O3. The standard InChI is InChI=1S/C16H21N7O3/c1-22(2)14-12(10-19-15(21-14)23-6-8-25-9-7-23)20-13(24)11-26-16-17-4-3-5-18-16/h3-5,10H,6-9,11H2,1-2H3,(H,20,24). The molecule has 138 valence electrons. The zero-order chi connectivity index (χ0) is 18.4. The number of ether oxygens (including phenoxy) is 2. The molecule has 10 heteroatoms. The molecule has 0 atom stereocenters. The van der Waals surface area contributed by atoms with Crippen molar-refractivity contribution in [3.8, 4) is 6.01 Å². The van der Waals surface area contributed by atoms with Crippen LogP contribution in [0.4, 0.5) is 17.5 Å². The third kappa shape index (κ3) is 4.54. The van der Waals surface area contributed by atoms with Crippen LogP contribution in [-0.2, 0) is 9.53 Å². The Hall–Kier alpha value is -3.01. The number of aromatic nitrogens is 4. The largest absolute Gasteiger partial charge is 0.453 e. The van der Waals surface area contributed by atoms with Gasteiger partial charge < -0.3 is 24.6 Å². The van der Waals surface area contributed by atoms with Crippen LogP contribution in [0.3, 0.4) is 0 Å². The molecule has 0 spiro atoms. The molecule has 3 rings (SSSR count). The molecule has 1 aliphatic heterocycles. The number of carbonyl (C=O) groups is 1. The van der Waals surface area contributed by atoms with E-state index in [1.807, 2.05) is 19.0 Å². The van der Waals surface area contributed by atoms with E-state index >= 15 is 0 Å². The van der Waals surface area contributed by atoms with Gasteiger partial charge >= 0.3 is 6.01 Å². The second-order valence-electron chi connectivity index (χ2n) is 5.77. The summed E-state index contributed by atoms with van der Waals surface area (Å²) in [6.07, 6.45) is 4.69. The van der Waals surface area contributed by atoms with E-state index in [0.717, 1.165) is 13.1 Å². The molecule has 0 saturated carbocycles. The van der Waals surface area contributed by atoms with Crippen molar-refractivity contribution in [2.75, 3.05) is 62.1 Å². The number of hydrogen-bond donors (Lipinski definition) is 1. The first-order valence-electron chi connectivity index (χ1n) is 8.20. The van der Waals surface area contributed by atoms with E-state index in [9.17, 15) is 4.79 Å². The lowest BCUT2D eigenvalue weighted by atomic mass is 10.4. The van der Waals surface area contributed by atoms with Crippen molar-refractivity contribution in [2.45, 2.75) is 0 Å². The molecule has 0 aliphatic carbocycles. The fraction of sp³-hybridized carbons (Fsp3) is 0.438. The fourth-order valence-electron chi connectivity index (χ4n) is 2.38. The number of amides is 1. The second kappa shape index (κ2) is 8.39. The summed E-state index contributed by atoms with van der Waals surface area (Å²) >= 11 is 0. The van der Waals surface area contributed by atoms with Crippen LogP contribution in [0.5, 0.6) is 6.01 Å². The molecule has 1 N–H and O–H groups in total. The summed E-state index contributed by atoms with van der Waals surface area (Å²) in [5, 5.41) is 2.76. The predicted octanol–water partition coefficient (Wildman–Crippen LogP) is 0.187. The highest BCUT2D eigenvalue weighted by Gasteiger charge is 2.18. The SMILES string of the molecule is CN(C)c1nc(N2CCOCC2)ncc1NC(=O)COc1ncccn1. The Morgan fingerprint density at radius 2 is 2.00 bits per heavy atom. The average Bonchev–Trinajstić information content (AvgIpc) is 2.68. The van der Waals surface area contributed by atoms with Crippen molar-refractivity contribution < 1.29 is 14.3 Å². The van der Waals surface area contributed by atoms with E-state index in [0.29, 0.717) is 30.7 Å². The van der Waals surface area contributed by atoms with Crippen LogP contribution in [0, 0.1) is 0 Å². The van der Waals surface area contributed by atoms with Gasteiger partial charge in [-0.25, -0.2) is 15.0 Å². The maximum absolute atomic E-state index is 12.2. The van der Waals surface area contributed by atoms with Gasteiger partial charge in [-0.15, -0.1) is 0 Å². The number of rotatable bonds is 6. The Morgan fingerprint density at radius 3 is 2.69 bits per heavy atom. The fourth-order valence-corrected chi connectivity index (χ4v) is 2.38. The van der Waals surface area contributed by atoms with Crippen LogP contribution in [0.25, 0.3) is 0 Å². The van der Waals surface area contributed by atoms with Gasteiger partial charge in [-0.3, -0.25) is 4.79 Å². The normalized spacial score (nSPS) is 14.0. The Bertz CT molecular complexity index is 736. The zero-order valence-corrected chi connectivity index (χ0v) is 14.8. The lowest BCUT2D eigenvalue weighted by molar-refractivity contribution is -0.118. The van der Waals surface area contributed by atoms with Crippen LogP contribution in [0.2, 0.25) is 0 Å². The van der Waals surface area contributed by atoms with Gasteiger partial charge in [-0.2, -0.15) is 4.98 Å². The van der Waals surface area contributed by atoms with Crippen molar-refractivity contribution in [1.29, 1.82) is 0 Å². The van der Waals surface area contributed by atoms with Gasteiger partial charge in [-0.1, -0.05) is 0 Å². The van der Waals surface area contributed by atoms with Crippen LogP contribution in [0.1, 0.15) is 0 Å². The first-order chi connectivity index (χ1) is 12.6. The first-order valence-corrected chi connectivity index (χ1v) is 8.20. The van der Waals surface area contributed by atoms with Crippen molar-refractivity contribution >= 4 is 23.4 Å². The number of anilines is 3. The smallest absolute Gasteiger partial charge is 0.316 e. The van der Waals surface area contributed by atoms with E-state index in [1.165, 1.54) is 0 Å². The number of morpholine rings is 1. The van der Waals surface area contributed by atoms with E-state index in [2.05, 4.69) is 30.2 Å².